The zero-order valence-electron chi connectivity index (χ0n) is 13.1. The van der Waals surface area contributed by atoms with Gasteiger partial charge in [-0.05, 0) is 37.8 Å². The Morgan fingerprint density at radius 1 is 1.30 bits per heavy atom. The molecule has 0 bridgehead atoms. The maximum atomic E-state index is 12.6. The number of hydrogen-bond acceptors (Lipinski definition) is 3. The Labute approximate surface area is 142 Å². The van der Waals surface area contributed by atoms with Gasteiger partial charge in [0.2, 0.25) is 5.91 Å². The zero-order chi connectivity index (χ0) is 14.9. The monoisotopic (exact) mass is 334 g/mol. The predicted octanol–water partition coefficient (Wildman–Crippen LogP) is 2.13. The van der Waals surface area contributed by atoms with Gasteiger partial charge in [-0.15, -0.1) is 12.4 Å². The van der Waals surface area contributed by atoms with Gasteiger partial charge in [-0.2, -0.15) is 5.10 Å². The van der Waals surface area contributed by atoms with Gasteiger partial charge in [0.15, 0.2) is 0 Å². The number of nitrogens with zero attached hydrogens (tertiary/aromatic N) is 2. The summed E-state index contributed by atoms with van der Waals surface area (Å²) in [6.45, 7) is 2.91. The molecule has 2 N–H and O–H groups in total. The SMILES string of the molecule is Cl.O=C(Cc1[nH]nc2ccccc12)N1CC[C@@H]2NCCC[C@@H]2C1. The first-order chi connectivity index (χ1) is 10.8. The van der Waals surface area contributed by atoms with E-state index in [4.69, 9.17) is 0 Å². The number of aromatic amines is 1. The van der Waals surface area contributed by atoms with E-state index in [-0.39, 0.29) is 18.3 Å². The largest absolute Gasteiger partial charge is 0.342 e. The number of para-hydroxylation sites is 1. The van der Waals surface area contributed by atoms with Crippen LogP contribution in [0.4, 0.5) is 0 Å². The summed E-state index contributed by atoms with van der Waals surface area (Å²) in [4.78, 5) is 14.7. The lowest BCUT2D eigenvalue weighted by Crippen LogP contribution is -2.53. The van der Waals surface area contributed by atoms with Crippen molar-refractivity contribution < 1.29 is 4.79 Å². The minimum atomic E-state index is 0. The van der Waals surface area contributed by atoms with Crippen LogP contribution in [0.15, 0.2) is 24.3 Å². The maximum absolute atomic E-state index is 12.6. The molecule has 1 aromatic heterocycles. The van der Waals surface area contributed by atoms with Crippen LogP contribution in [0.2, 0.25) is 0 Å². The van der Waals surface area contributed by atoms with Crippen LogP contribution in [0.25, 0.3) is 10.9 Å². The molecular formula is C17H23ClN4O. The summed E-state index contributed by atoms with van der Waals surface area (Å²) < 4.78 is 0. The van der Waals surface area contributed by atoms with E-state index in [1.54, 1.807) is 0 Å². The number of halogens is 1. The number of amides is 1. The number of rotatable bonds is 2. The van der Waals surface area contributed by atoms with E-state index in [0.29, 0.717) is 18.4 Å². The highest BCUT2D eigenvalue weighted by Crippen LogP contribution is 2.25. The van der Waals surface area contributed by atoms with Crippen LogP contribution in [0, 0.1) is 5.92 Å². The number of benzene rings is 1. The van der Waals surface area contributed by atoms with Gasteiger partial charge in [-0.3, -0.25) is 9.89 Å². The molecule has 0 aliphatic carbocycles. The Morgan fingerprint density at radius 2 is 2.17 bits per heavy atom. The highest BCUT2D eigenvalue weighted by molar-refractivity contribution is 5.87. The van der Waals surface area contributed by atoms with Gasteiger partial charge >= 0.3 is 0 Å². The zero-order valence-corrected chi connectivity index (χ0v) is 13.9. The van der Waals surface area contributed by atoms with Gasteiger partial charge in [-0.25, -0.2) is 0 Å². The Balaban J connectivity index is 0.00000156. The topological polar surface area (TPSA) is 61.0 Å². The molecule has 23 heavy (non-hydrogen) atoms. The lowest BCUT2D eigenvalue weighted by atomic mass is 9.85. The quantitative estimate of drug-likeness (QED) is 0.884. The van der Waals surface area contributed by atoms with Crippen LogP contribution in [0.5, 0.6) is 0 Å². The number of H-pyrrole nitrogens is 1. The third-order valence-corrected chi connectivity index (χ3v) is 5.11. The summed E-state index contributed by atoms with van der Waals surface area (Å²) in [5.74, 6) is 0.850. The van der Waals surface area contributed by atoms with Gasteiger partial charge in [-0.1, -0.05) is 18.2 Å². The minimum Gasteiger partial charge on any atom is -0.342 e. The third-order valence-electron chi connectivity index (χ3n) is 5.11. The molecular weight excluding hydrogens is 312 g/mol. The molecule has 1 amide bonds. The van der Waals surface area contributed by atoms with Crippen LogP contribution in [-0.2, 0) is 11.2 Å². The molecule has 0 radical (unpaired) electrons. The fourth-order valence-electron chi connectivity index (χ4n) is 3.88. The predicted molar refractivity (Wildman–Crippen MR) is 92.8 cm³/mol. The van der Waals surface area contributed by atoms with Gasteiger partial charge in [0.1, 0.15) is 0 Å². The standard InChI is InChI=1S/C17H22N4O.ClH/c22-17(10-16-13-5-1-2-6-15(13)19-20-16)21-9-7-14-12(11-21)4-3-8-18-14;/h1-2,5-6,12,14,18H,3-4,7-11H2,(H,19,20);1H/t12-,14+;/m1./s1. The number of aromatic nitrogens is 2. The molecule has 0 spiro atoms. The first kappa shape index (κ1) is 16.3. The van der Waals surface area contributed by atoms with E-state index in [9.17, 15) is 4.79 Å². The summed E-state index contributed by atoms with van der Waals surface area (Å²) in [7, 11) is 0. The molecule has 2 atom stereocenters. The van der Waals surface area contributed by atoms with E-state index in [2.05, 4.69) is 15.5 Å². The average molecular weight is 335 g/mol. The molecule has 6 heteroatoms. The second kappa shape index (κ2) is 6.89. The molecule has 2 fully saturated rings. The van der Waals surface area contributed by atoms with Crippen LogP contribution >= 0.6 is 12.4 Å². The van der Waals surface area contributed by atoms with Crippen LogP contribution in [0.1, 0.15) is 25.0 Å². The van der Waals surface area contributed by atoms with Crippen molar-refractivity contribution in [2.45, 2.75) is 31.7 Å². The number of carbonyl (C=O) groups is 1. The summed E-state index contributed by atoms with van der Waals surface area (Å²) in [6.07, 6.45) is 3.98. The van der Waals surface area contributed by atoms with Gasteiger partial charge in [0.05, 0.1) is 17.6 Å². The molecule has 2 saturated heterocycles. The Bertz CT molecular complexity index is 686. The highest BCUT2D eigenvalue weighted by Gasteiger charge is 2.32. The summed E-state index contributed by atoms with van der Waals surface area (Å²) in [6, 6.07) is 8.57. The number of carbonyl (C=O) groups excluding carboxylic acids is 1. The summed E-state index contributed by atoms with van der Waals surface area (Å²) in [5, 5.41) is 12.0. The fourth-order valence-corrected chi connectivity index (χ4v) is 3.88. The van der Waals surface area contributed by atoms with Gasteiger partial charge < -0.3 is 10.2 Å². The Morgan fingerprint density at radius 3 is 3.09 bits per heavy atom. The molecule has 124 valence electrons. The normalized spacial score (nSPS) is 24.1. The van der Waals surface area contributed by atoms with Crippen molar-refractivity contribution in [3.8, 4) is 0 Å². The highest BCUT2D eigenvalue weighted by atomic mass is 35.5. The first-order valence-electron chi connectivity index (χ1n) is 8.24. The fraction of sp³-hybridized carbons (Fsp3) is 0.529. The van der Waals surface area contributed by atoms with E-state index >= 15 is 0 Å². The van der Waals surface area contributed by atoms with Crippen molar-refractivity contribution in [2.24, 2.45) is 5.92 Å². The van der Waals surface area contributed by atoms with E-state index in [1.165, 1.54) is 12.8 Å². The van der Waals surface area contributed by atoms with Crippen molar-refractivity contribution in [3.63, 3.8) is 0 Å². The van der Waals surface area contributed by atoms with Crippen molar-refractivity contribution in [2.75, 3.05) is 19.6 Å². The van der Waals surface area contributed by atoms with Crippen LogP contribution < -0.4 is 5.32 Å². The molecule has 4 rings (SSSR count). The molecule has 1 aromatic carbocycles. The van der Waals surface area contributed by atoms with Crippen LogP contribution in [0.3, 0.4) is 0 Å². The van der Waals surface area contributed by atoms with Crippen molar-refractivity contribution in [1.82, 2.24) is 20.4 Å². The first-order valence-corrected chi connectivity index (χ1v) is 8.24. The maximum Gasteiger partial charge on any atom is 0.228 e. The number of piperidine rings is 2. The molecule has 2 aromatic rings. The van der Waals surface area contributed by atoms with E-state index in [1.807, 2.05) is 29.2 Å². The molecule has 2 aliphatic rings. The molecule has 3 heterocycles. The molecule has 5 nitrogen and oxygen atoms in total. The van der Waals surface area contributed by atoms with E-state index < -0.39 is 0 Å². The number of likely N-dealkylation sites (tertiary alicyclic amines) is 1. The van der Waals surface area contributed by atoms with Crippen LogP contribution in [-0.4, -0.2) is 46.7 Å². The van der Waals surface area contributed by atoms with E-state index in [0.717, 1.165) is 42.7 Å². The molecule has 0 unspecified atom stereocenters. The third kappa shape index (κ3) is 3.21. The van der Waals surface area contributed by atoms with Gasteiger partial charge in [0, 0.05) is 24.5 Å². The number of hydrogen-bond donors (Lipinski definition) is 2. The lowest BCUT2D eigenvalue weighted by Gasteiger charge is -2.41. The Kier molecular flexibility index (Phi) is 4.87. The molecule has 0 saturated carbocycles. The second-order valence-corrected chi connectivity index (χ2v) is 6.49. The van der Waals surface area contributed by atoms with Crippen molar-refractivity contribution >= 4 is 29.2 Å². The Hall–Kier alpha value is -1.59. The van der Waals surface area contributed by atoms with Crippen molar-refractivity contribution in [1.29, 1.82) is 0 Å². The van der Waals surface area contributed by atoms with Gasteiger partial charge in [0.25, 0.3) is 0 Å². The molecule has 2 aliphatic heterocycles. The summed E-state index contributed by atoms with van der Waals surface area (Å²) in [5.41, 5.74) is 1.87. The lowest BCUT2D eigenvalue weighted by molar-refractivity contribution is -0.133. The minimum absolute atomic E-state index is 0. The average Bonchev–Trinajstić information content (AvgIpc) is 2.97. The van der Waals surface area contributed by atoms with Crippen molar-refractivity contribution in [3.05, 3.63) is 30.0 Å². The second-order valence-electron chi connectivity index (χ2n) is 6.49. The smallest absolute Gasteiger partial charge is 0.228 e. The number of nitrogens with one attached hydrogen (secondary N) is 2. The summed E-state index contributed by atoms with van der Waals surface area (Å²) >= 11 is 0. The number of fused-ring (bicyclic) bond motifs is 2.